The maximum Gasteiger partial charge on any atom is 0.249 e. The summed E-state index contributed by atoms with van der Waals surface area (Å²) in [6.07, 6.45) is 5.72. The van der Waals surface area contributed by atoms with E-state index in [1.165, 1.54) is 0 Å². The van der Waals surface area contributed by atoms with Crippen molar-refractivity contribution in [3.05, 3.63) is 36.5 Å². The third-order valence-corrected chi connectivity index (χ3v) is 5.05. The molecule has 5 heteroatoms. The molecule has 0 radical (unpaired) electrons. The van der Waals surface area contributed by atoms with Crippen molar-refractivity contribution in [3.8, 4) is 0 Å². The monoisotopic (exact) mass is 325 g/mol. The van der Waals surface area contributed by atoms with E-state index in [2.05, 4.69) is 5.32 Å². The molecule has 1 aromatic heterocycles. The smallest absolute Gasteiger partial charge is 0.249 e. The molecule has 0 bridgehead atoms. The Balaban J connectivity index is 1.53. The van der Waals surface area contributed by atoms with E-state index in [-0.39, 0.29) is 30.3 Å². The summed E-state index contributed by atoms with van der Waals surface area (Å²) in [4.78, 5) is 27.3. The number of rotatable bonds is 4. The first-order valence-corrected chi connectivity index (χ1v) is 8.84. The highest BCUT2D eigenvalue weighted by molar-refractivity contribution is 5.97. The lowest BCUT2D eigenvalue weighted by Crippen LogP contribution is -2.47. The van der Waals surface area contributed by atoms with E-state index in [9.17, 15) is 9.59 Å². The minimum absolute atomic E-state index is 0.0196. The van der Waals surface area contributed by atoms with E-state index in [1.807, 2.05) is 41.1 Å². The van der Waals surface area contributed by atoms with Crippen LogP contribution in [0.15, 0.2) is 36.5 Å². The summed E-state index contributed by atoms with van der Waals surface area (Å²) < 4.78 is 1.94. The van der Waals surface area contributed by atoms with Crippen LogP contribution in [0.4, 0.5) is 0 Å². The summed E-state index contributed by atoms with van der Waals surface area (Å²) in [5, 5.41) is 4.39. The fourth-order valence-corrected chi connectivity index (χ4v) is 3.60. The largest absolute Gasteiger partial charge is 0.338 e. The summed E-state index contributed by atoms with van der Waals surface area (Å²) in [5.74, 6) is -0.106. The molecule has 1 saturated carbocycles. The number of piperidine rings is 1. The Bertz CT molecular complexity index is 757. The molecule has 1 aliphatic carbocycles. The van der Waals surface area contributed by atoms with Crippen molar-refractivity contribution in [2.75, 3.05) is 13.1 Å². The van der Waals surface area contributed by atoms with Gasteiger partial charge < -0.3 is 9.88 Å². The van der Waals surface area contributed by atoms with E-state index < -0.39 is 0 Å². The van der Waals surface area contributed by atoms with Crippen LogP contribution in [0.25, 0.3) is 10.9 Å². The van der Waals surface area contributed by atoms with E-state index in [1.54, 1.807) is 4.90 Å². The van der Waals surface area contributed by atoms with Crippen LogP contribution in [0.3, 0.4) is 0 Å². The Hall–Kier alpha value is -2.14. The maximum atomic E-state index is 12.9. The Labute approximate surface area is 141 Å². The number of benzene rings is 1. The second-order valence-corrected chi connectivity index (χ2v) is 6.88. The Morgan fingerprint density at radius 1 is 1.17 bits per heavy atom. The molecule has 2 aromatic rings. The van der Waals surface area contributed by atoms with Gasteiger partial charge in [0.15, 0.2) is 0 Å². The molecule has 2 amide bonds. The van der Waals surface area contributed by atoms with Gasteiger partial charge in [-0.3, -0.25) is 14.5 Å². The lowest BCUT2D eigenvalue weighted by molar-refractivity contribution is -0.148. The number of imide groups is 1. The Kier molecular flexibility index (Phi) is 4.10. The molecule has 1 saturated heterocycles. The Morgan fingerprint density at radius 3 is 2.75 bits per heavy atom. The van der Waals surface area contributed by atoms with Crippen LogP contribution in [0.2, 0.25) is 0 Å². The molecule has 2 heterocycles. The number of aromatic nitrogens is 1. The maximum absolute atomic E-state index is 12.9. The van der Waals surface area contributed by atoms with Gasteiger partial charge in [-0.2, -0.15) is 0 Å². The highest BCUT2D eigenvalue weighted by Crippen LogP contribution is 2.30. The SMILES string of the molecule is O=C(Cn1ccc2ccccc21)N(C(=O)C1CCCNC1)C1CC1. The van der Waals surface area contributed by atoms with Crippen molar-refractivity contribution < 1.29 is 9.59 Å². The second-order valence-electron chi connectivity index (χ2n) is 6.88. The van der Waals surface area contributed by atoms with Crippen molar-refractivity contribution in [1.29, 1.82) is 0 Å². The van der Waals surface area contributed by atoms with Gasteiger partial charge in [0.2, 0.25) is 11.8 Å². The van der Waals surface area contributed by atoms with Crippen LogP contribution in [-0.2, 0) is 16.1 Å². The van der Waals surface area contributed by atoms with Crippen molar-refractivity contribution in [3.63, 3.8) is 0 Å². The zero-order valence-electron chi connectivity index (χ0n) is 13.8. The highest BCUT2D eigenvalue weighted by Gasteiger charge is 2.40. The summed E-state index contributed by atoms with van der Waals surface area (Å²) in [6, 6.07) is 10.1. The number of hydrogen-bond acceptors (Lipinski definition) is 3. The molecule has 1 aliphatic heterocycles. The van der Waals surface area contributed by atoms with E-state index in [0.29, 0.717) is 6.54 Å². The zero-order valence-corrected chi connectivity index (χ0v) is 13.8. The molecule has 1 atom stereocenters. The first kappa shape index (κ1) is 15.4. The minimum atomic E-state index is -0.0746. The van der Waals surface area contributed by atoms with Gasteiger partial charge in [-0.25, -0.2) is 0 Å². The summed E-state index contributed by atoms with van der Waals surface area (Å²) in [6.45, 7) is 1.90. The lowest BCUT2D eigenvalue weighted by atomic mass is 9.98. The van der Waals surface area contributed by atoms with Gasteiger partial charge in [-0.05, 0) is 49.7 Å². The van der Waals surface area contributed by atoms with Gasteiger partial charge in [0, 0.05) is 24.3 Å². The molecular weight excluding hydrogens is 302 g/mol. The average molecular weight is 325 g/mol. The van der Waals surface area contributed by atoms with Crippen LogP contribution in [0, 0.1) is 5.92 Å². The summed E-state index contributed by atoms with van der Waals surface area (Å²) in [5.41, 5.74) is 1.04. The molecular formula is C19H23N3O2. The van der Waals surface area contributed by atoms with Crippen molar-refractivity contribution in [2.24, 2.45) is 5.92 Å². The average Bonchev–Trinajstić information content (AvgIpc) is 3.37. The number of amides is 2. The third-order valence-electron chi connectivity index (χ3n) is 5.05. The van der Waals surface area contributed by atoms with Gasteiger partial charge in [0.25, 0.3) is 0 Å². The van der Waals surface area contributed by atoms with Crippen molar-refractivity contribution in [1.82, 2.24) is 14.8 Å². The minimum Gasteiger partial charge on any atom is -0.338 e. The third kappa shape index (κ3) is 2.96. The number of hydrogen-bond donors (Lipinski definition) is 1. The molecule has 126 valence electrons. The summed E-state index contributed by atoms with van der Waals surface area (Å²) >= 11 is 0. The van der Waals surface area contributed by atoms with Crippen molar-refractivity contribution >= 4 is 22.7 Å². The highest BCUT2D eigenvalue weighted by atomic mass is 16.2. The van der Waals surface area contributed by atoms with Crippen LogP contribution in [-0.4, -0.2) is 40.4 Å². The van der Waals surface area contributed by atoms with Gasteiger partial charge in [-0.1, -0.05) is 18.2 Å². The molecule has 4 rings (SSSR count). The predicted octanol–water partition coefficient (Wildman–Crippen LogP) is 2.16. The molecule has 1 aromatic carbocycles. The first-order chi connectivity index (χ1) is 11.7. The van der Waals surface area contributed by atoms with Crippen LogP contribution < -0.4 is 5.32 Å². The van der Waals surface area contributed by atoms with E-state index in [4.69, 9.17) is 0 Å². The number of para-hydroxylation sites is 1. The van der Waals surface area contributed by atoms with Gasteiger partial charge in [0.05, 0.1) is 5.92 Å². The lowest BCUT2D eigenvalue weighted by Gasteiger charge is -2.28. The zero-order chi connectivity index (χ0) is 16.5. The second kappa shape index (κ2) is 6.40. The molecule has 2 fully saturated rings. The predicted molar refractivity (Wildman–Crippen MR) is 92.4 cm³/mol. The number of carbonyl (C=O) groups excluding carboxylic acids is 2. The number of nitrogens with one attached hydrogen (secondary N) is 1. The molecule has 0 spiro atoms. The fraction of sp³-hybridized carbons (Fsp3) is 0.474. The van der Waals surface area contributed by atoms with Gasteiger partial charge >= 0.3 is 0 Å². The van der Waals surface area contributed by atoms with Crippen LogP contribution in [0.1, 0.15) is 25.7 Å². The molecule has 24 heavy (non-hydrogen) atoms. The van der Waals surface area contributed by atoms with Gasteiger partial charge in [-0.15, -0.1) is 0 Å². The van der Waals surface area contributed by atoms with Crippen molar-refractivity contribution in [2.45, 2.75) is 38.3 Å². The molecule has 2 aliphatic rings. The molecule has 5 nitrogen and oxygen atoms in total. The first-order valence-electron chi connectivity index (χ1n) is 8.84. The molecule has 1 N–H and O–H groups in total. The molecule has 1 unspecified atom stereocenters. The number of carbonyl (C=O) groups is 2. The summed E-state index contributed by atoms with van der Waals surface area (Å²) in [7, 11) is 0. The quantitative estimate of drug-likeness (QED) is 0.937. The standard InChI is InChI=1S/C19H23N3O2/c23-18(13-21-11-9-14-4-1-2-6-17(14)21)22(16-7-8-16)19(24)15-5-3-10-20-12-15/h1-2,4,6,9,11,15-16,20H,3,5,7-8,10,12-13H2. The van der Waals surface area contributed by atoms with E-state index in [0.717, 1.165) is 43.1 Å². The number of nitrogens with zero attached hydrogens (tertiary/aromatic N) is 2. The Morgan fingerprint density at radius 2 is 2.00 bits per heavy atom. The number of fused-ring (bicyclic) bond motifs is 1. The van der Waals surface area contributed by atoms with Crippen LogP contribution in [0.5, 0.6) is 0 Å². The normalized spacial score (nSPS) is 20.9. The van der Waals surface area contributed by atoms with E-state index >= 15 is 0 Å². The van der Waals surface area contributed by atoms with Gasteiger partial charge in [0.1, 0.15) is 6.54 Å². The topological polar surface area (TPSA) is 54.3 Å². The fourth-order valence-electron chi connectivity index (χ4n) is 3.60. The van der Waals surface area contributed by atoms with Crippen LogP contribution >= 0.6 is 0 Å².